The van der Waals surface area contributed by atoms with Gasteiger partial charge < -0.3 is 20.1 Å². The second kappa shape index (κ2) is 11.7. The Kier molecular flexibility index (Phi) is 11.3. The molecule has 6 nitrogen and oxygen atoms in total. The molecule has 0 bridgehead atoms. The standard InChI is InChI=1S/C15H26BrN5O.HI/c1-5-7-18-14(22)6-8-19-15(17-2)21(4)11-13-9-12(16)10-20(13)3;/h9-10H,5-8,11H2,1-4H3,(H,17,19)(H,18,22);1H. The smallest absolute Gasteiger partial charge is 0.221 e. The fraction of sp³-hybridized carbons (Fsp3) is 0.600. The van der Waals surface area contributed by atoms with Crippen LogP contribution in [0.25, 0.3) is 0 Å². The van der Waals surface area contributed by atoms with Gasteiger partial charge in [0.05, 0.1) is 6.54 Å². The van der Waals surface area contributed by atoms with Gasteiger partial charge in [-0.15, -0.1) is 24.0 Å². The first kappa shape index (κ1) is 22.2. The van der Waals surface area contributed by atoms with Gasteiger partial charge in [-0.3, -0.25) is 9.79 Å². The molecule has 0 saturated carbocycles. The van der Waals surface area contributed by atoms with Gasteiger partial charge in [0.15, 0.2) is 5.96 Å². The third-order valence-corrected chi connectivity index (χ3v) is 3.69. The SMILES string of the molecule is CCCNC(=O)CCNC(=NC)N(C)Cc1cc(Br)cn1C.I. The van der Waals surface area contributed by atoms with Crippen molar-refractivity contribution in [3.8, 4) is 0 Å². The molecule has 8 heteroatoms. The fourth-order valence-corrected chi connectivity index (χ4v) is 2.64. The molecule has 132 valence electrons. The lowest BCUT2D eigenvalue weighted by Crippen LogP contribution is -2.40. The van der Waals surface area contributed by atoms with E-state index < -0.39 is 0 Å². The third-order valence-electron chi connectivity index (χ3n) is 3.25. The van der Waals surface area contributed by atoms with Crippen molar-refractivity contribution in [3.63, 3.8) is 0 Å². The monoisotopic (exact) mass is 499 g/mol. The van der Waals surface area contributed by atoms with Gasteiger partial charge in [-0.05, 0) is 28.4 Å². The minimum absolute atomic E-state index is 0. The van der Waals surface area contributed by atoms with Crippen LogP contribution in [0.15, 0.2) is 21.7 Å². The zero-order chi connectivity index (χ0) is 16.5. The number of aromatic nitrogens is 1. The minimum Gasteiger partial charge on any atom is -0.356 e. The van der Waals surface area contributed by atoms with Crippen LogP contribution < -0.4 is 10.6 Å². The molecule has 2 N–H and O–H groups in total. The van der Waals surface area contributed by atoms with Crippen LogP contribution in [-0.4, -0.2) is 48.5 Å². The molecule has 1 amide bonds. The lowest BCUT2D eigenvalue weighted by molar-refractivity contribution is -0.120. The topological polar surface area (TPSA) is 61.7 Å². The van der Waals surface area contributed by atoms with E-state index in [0.717, 1.165) is 29.9 Å². The van der Waals surface area contributed by atoms with Crippen molar-refractivity contribution in [1.82, 2.24) is 20.1 Å². The molecular formula is C15H27BrIN5O. The highest BCUT2D eigenvalue weighted by Crippen LogP contribution is 2.14. The summed E-state index contributed by atoms with van der Waals surface area (Å²) in [6.07, 6.45) is 3.43. The summed E-state index contributed by atoms with van der Waals surface area (Å²) in [5, 5.41) is 6.08. The summed E-state index contributed by atoms with van der Waals surface area (Å²) in [5.74, 6) is 0.847. The number of hydrogen-bond donors (Lipinski definition) is 2. The second-order valence-corrected chi connectivity index (χ2v) is 6.11. The van der Waals surface area contributed by atoms with Crippen LogP contribution in [-0.2, 0) is 18.4 Å². The molecule has 0 spiro atoms. The van der Waals surface area contributed by atoms with E-state index in [1.165, 1.54) is 5.69 Å². The Hall–Kier alpha value is -0.770. The van der Waals surface area contributed by atoms with Crippen LogP contribution in [0.3, 0.4) is 0 Å². The Morgan fingerprint density at radius 2 is 2.09 bits per heavy atom. The number of hydrogen-bond acceptors (Lipinski definition) is 2. The van der Waals surface area contributed by atoms with E-state index in [0.29, 0.717) is 13.0 Å². The highest BCUT2D eigenvalue weighted by atomic mass is 127. The van der Waals surface area contributed by atoms with Gasteiger partial charge in [0.2, 0.25) is 5.91 Å². The van der Waals surface area contributed by atoms with E-state index in [2.05, 4.69) is 42.2 Å². The molecule has 1 rings (SSSR count). The van der Waals surface area contributed by atoms with Gasteiger partial charge in [-0.25, -0.2) is 0 Å². The summed E-state index contributed by atoms with van der Waals surface area (Å²) < 4.78 is 3.14. The molecule has 0 aliphatic rings. The lowest BCUT2D eigenvalue weighted by atomic mass is 10.3. The van der Waals surface area contributed by atoms with E-state index in [9.17, 15) is 4.79 Å². The van der Waals surface area contributed by atoms with Crippen molar-refractivity contribution in [2.45, 2.75) is 26.3 Å². The van der Waals surface area contributed by atoms with E-state index >= 15 is 0 Å². The van der Waals surface area contributed by atoms with E-state index in [4.69, 9.17) is 0 Å². The van der Waals surface area contributed by atoms with E-state index in [1.807, 2.05) is 32.1 Å². The fourth-order valence-electron chi connectivity index (χ4n) is 2.07. The Bertz CT molecular complexity index is 518. The number of nitrogens with one attached hydrogen (secondary N) is 2. The average molecular weight is 500 g/mol. The summed E-state index contributed by atoms with van der Waals surface area (Å²) in [6, 6.07) is 2.09. The number of carbonyl (C=O) groups excluding carboxylic acids is 1. The van der Waals surface area contributed by atoms with Crippen LogP contribution in [0.4, 0.5) is 0 Å². The Labute approximate surface area is 164 Å². The van der Waals surface area contributed by atoms with Gasteiger partial charge >= 0.3 is 0 Å². The number of halogens is 2. The van der Waals surface area contributed by atoms with Crippen LogP contribution in [0.5, 0.6) is 0 Å². The van der Waals surface area contributed by atoms with Crippen LogP contribution >= 0.6 is 39.9 Å². The molecular weight excluding hydrogens is 473 g/mol. The molecule has 0 aromatic carbocycles. The van der Waals surface area contributed by atoms with Gasteiger partial charge in [0.1, 0.15) is 0 Å². The molecule has 0 fully saturated rings. The molecule has 0 atom stereocenters. The maximum absolute atomic E-state index is 11.6. The molecule has 0 saturated heterocycles. The summed E-state index contributed by atoms with van der Waals surface area (Å²) in [7, 11) is 5.74. The first-order chi connectivity index (χ1) is 10.5. The molecule has 1 heterocycles. The Balaban J connectivity index is 0.00000484. The van der Waals surface area contributed by atoms with Crippen LogP contribution in [0.2, 0.25) is 0 Å². The predicted octanol–water partition coefficient (Wildman–Crippen LogP) is 2.33. The average Bonchev–Trinajstić information content (AvgIpc) is 2.79. The molecule has 1 aromatic rings. The first-order valence-corrected chi connectivity index (χ1v) is 8.26. The summed E-state index contributed by atoms with van der Waals surface area (Å²) in [4.78, 5) is 17.9. The second-order valence-electron chi connectivity index (χ2n) is 5.19. The van der Waals surface area contributed by atoms with E-state index in [-0.39, 0.29) is 29.9 Å². The number of guanidine groups is 1. The zero-order valence-corrected chi connectivity index (χ0v) is 18.1. The van der Waals surface area contributed by atoms with Crippen molar-refractivity contribution in [2.75, 3.05) is 27.2 Å². The Morgan fingerprint density at radius 3 is 2.61 bits per heavy atom. The van der Waals surface area contributed by atoms with Gasteiger partial charge in [0.25, 0.3) is 0 Å². The van der Waals surface area contributed by atoms with Crippen molar-refractivity contribution in [3.05, 3.63) is 22.4 Å². The number of amides is 1. The number of nitrogens with zero attached hydrogens (tertiary/aromatic N) is 3. The summed E-state index contributed by atoms with van der Waals surface area (Å²) >= 11 is 3.48. The quantitative estimate of drug-likeness (QED) is 0.344. The zero-order valence-electron chi connectivity index (χ0n) is 14.2. The van der Waals surface area contributed by atoms with Gasteiger partial charge in [-0.2, -0.15) is 0 Å². The Morgan fingerprint density at radius 1 is 1.39 bits per heavy atom. The van der Waals surface area contributed by atoms with Crippen molar-refractivity contribution in [2.24, 2.45) is 12.0 Å². The highest BCUT2D eigenvalue weighted by Gasteiger charge is 2.10. The maximum atomic E-state index is 11.6. The maximum Gasteiger partial charge on any atom is 0.221 e. The lowest BCUT2D eigenvalue weighted by Gasteiger charge is -2.22. The number of aryl methyl sites for hydroxylation is 1. The van der Waals surface area contributed by atoms with Gasteiger partial charge in [0, 0.05) is 57.0 Å². The first-order valence-electron chi connectivity index (χ1n) is 7.47. The molecule has 1 aromatic heterocycles. The molecule has 23 heavy (non-hydrogen) atoms. The van der Waals surface area contributed by atoms with Crippen molar-refractivity contribution in [1.29, 1.82) is 0 Å². The van der Waals surface area contributed by atoms with Crippen molar-refractivity contribution < 1.29 is 4.79 Å². The van der Waals surface area contributed by atoms with E-state index in [1.54, 1.807) is 7.05 Å². The normalized spacial score (nSPS) is 10.9. The predicted molar refractivity (Wildman–Crippen MR) is 109 cm³/mol. The number of aliphatic imine (C=N–C) groups is 1. The molecule has 0 unspecified atom stereocenters. The van der Waals surface area contributed by atoms with Crippen LogP contribution in [0, 0.1) is 0 Å². The largest absolute Gasteiger partial charge is 0.356 e. The third kappa shape index (κ3) is 8.05. The molecule has 0 radical (unpaired) electrons. The van der Waals surface area contributed by atoms with Crippen LogP contribution in [0.1, 0.15) is 25.5 Å². The van der Waals surface area contributed by atoms with Gasteiger partial charge in [-0.1, -0.05) is 6.92 Å². The highest BCUT2D eigenvalue weighted by molar-refractivity contribution is 14.0. The molecule has 0 aliphatic heterocycles. The number of carbonyl (C=O) groups is 1. The van der Waals surface area contributed by atoms with Crippen molar-refractivity contribution >= 4 is 51.8 Å². The number of rotatable bonds is 7. The minimum atomic E-state index is 0. The molecule has 0 aliphatic carbocycles. The summed E-state index contributed by atoms with van der Waals surface area (Å²) in [6.45, 7) is 4.08. The summed E-state index contributed by atoms with van der Waals surface area (Å²) in [5.41, 5.74) is 1.18.